The summed E-state index contributed by atoms with van der Waals surface area (Å²) < 4.78 is 13.6. The van der Waals surface area contributed by atoms with Crippen LogP contribution in [-0.2, 0) is 13.0 Å². The smallest absolute Gasteiger partial charge is 0.224 e. The summed E-state index contributed by atoms with van der Waals surface area (Å²) in [5.41, 5.74) is 3.11. The Morgan fingerprint density at radius 2 is 1.76 bits per heavy atom. The van der Waals surface area contributed by atoms with Crippen LogP contribution in [0, 0.1) is 12.7 Å². The fourth-order valence-electron chi connectivity index (χ4n) is 2.46. The van der Waals surface area contributed by atoms with Gasteiger partial charge >= 0.3 is 0 Å². The first kappa shape index (κ1) is 16.9. The zero-order valence-corrected chi connectivity index (χ0v) is 14.2. The second-order valence-corrected chi connectivity index (χ2v) is 5.87. The number of aromatic nitrogens is 2. The third-order valence-electron chi connectivity index (χ3n) is 3.89. The van der Waals surface area contributed by atoms with Gasteiger partial charge < -0.3 is 10.6 Å². The van der Waals surface area contributed by atoms with E-state index in [-0.39, 0.29) is 5.82 Å². The van der Waals surface area contributed by atoms with E-state index in [4.69, 9.17) is 0 Å². The maximum Gasteiger partial charge on any atom is 0.224 e. The maximum absolute atomic E-state index is 13.6. The lowest BCUT2D eigenvalue weighted by Gasteiger charge is -2.09. The van der Waals surface area contributed by atoms with Crippen LogP contribution in [0.5, 0.6) is 0 Å². The van der Waals surface area contributed by atoms with Gasteiger partial charge in [-0.2, -0.15) is 4.98 Å². The molecule has 0 radical (unpaired) electrons. The van der Waals surface area contributed by atoms with Crippen LogP contribution < -0.4 is 10.6 Å². The fraction of sp³-hybridized carbons (Fsp3) is 0.200. The van der Waals surface area contributed by atoms with E-state index in [2.05, 4.69) is 51.8 Å². The van der Waals surface area contributed by atoms with Crippen LogP contribution in [-0.4, -0.2) is 16.5 Å². The van der Waals surface area contributed by atoms with Gasteiger partial charge in [0, 0.05) is 19.3 Å². The number of hydrogen-bond donors (Lipinski definition) is 2. The Morgan fingerprint density at radius 1 is 0.960 bits per heavy atom. The highest BCUT2D eigenvalue weighted by Crippen LogP contribution is 2.10. The molecule has 0 bridgehead atoms. The average molecular weight is 336 g/mol. The third-order valence-corrected chi connectivity index (χ3v) is 3.89. The first-order valence-electron chi connectivity index (χ1n) is 8.30. The molecule has 0 aliphatic rings. The van der Waals surface area contributed by atoms with Crippen LogP contribution in [0.4, 0.5) is 16.2 Å². The predicted octanol–water partition coefficient (Wildman–Crippen LogP) is 4.19. The molecule has 128 valence electrons. The van der Waals surface area contributed by atoms with Crippen molar-refractivity contribution in [2.24, 2.45) is 0 Å². The van der Waals surface area contributed by atoms with Gasteiger partial charge in [0.25, 0.3) is 0 Å². The van der Waals surface area contributed by atoms with Gasteiger partial charge in [-0.3, -0.25) is 0 Å². The monoisotopic (exact) mass is 336 g/mol. The van der Waals surface area contributed by atoms with Gasteiger partial charge in [0.2, 0.25) is 5.95 Å². The standard InChI is InChI=1S/C20H21FN4/c1-15-6-8-16(9-7-15)14-24-20-23-13-11-19(25-20)22-12-10-17-4-2-3-5-18(17)21/h2-9,11,13H,10,12,14H2,1H3,(H2,22,23,24,25). The van der Waals surface area contributed by atoms with E-state index in [1.54, 1.807) is 24.4 Å². The maximum atomic E-state index is 13.6. The van der Waals surface area contributed by atoms with E-state index in [9.17, 15) is 4.39 Å². The summed E-state index contributed by atoms with van der Waals surface area (Å²) in [5.74, 6) is 1.11. The summed E-state index contributed by atoms with van der Waals surface area (Å²) in [4.78, 5) is 8.66. The molecule has 4 nitrogen and oxygen atoms in total. The van der Waals surface area contributed by atoms with Crippen molar-refractivity contribution in [3.05, 3.63) is 83.3 Å². The highest BCUT2D eigenvalue weighted by atomic mass is 19.1. The van der Waals surface area contributed by atoms with Gasteiger partial charge in [0.05, 0.1) is 0 Å². The molecule has 0 fully saturated rings. The van der Waals surface area contributed by atoms with Crippen molar-refractivity contribution < 1.29 is 4.39 Å². The molecule has 3 aromatic rings. The molecule has 0 saturated carbocycles. The van der Waals surface area contributed by atoms with Crippen molar-refractivity contribution in [2.75, 3.05) is 17.2 Å². The largest absolute Gasteiger partial charge is 0.370 e. The van der Waals surface area contributed by atoms with Crippen molar-refractivity contribution in [3.63, 3.8) is 0 Å². The number of nitrogens with one attached hydrogen (secondary N) is 2. The van der Waals surface area contributed by atoms with Crippen LogP contribution in [0.15, 0.2) is 60.8 Å². The lowest BCUT2D eigenvalue weighted by atomic mass is 10.1. The first-order valence-corrected chi connectivity index (χ1v) is 8.30. The highest BCUT2D eigenvalue weighted by molar-refractivity contribution is 5.40. The summed E-state index contributed by atoms with van der Waals surface area (Å²) in [5, 5.41) is 6.42. The van der Waals surface area contributed by atoms with E-state index in [1.165, 1.54) is 17.2 Å². The molecule has 0 aliphatic carbocycles. The fourth-order valence-corrected chi connectivity index (χ4v) is 2.46. The predicted molar refractivity (Wildman–Crippen MR) is 99.1 cm³/mol. The SMILES string of the molecule is Cc1ccc(CNc2nccc(NCCc3ccccc3F)n2)cc1. The van der Waals surface area contributed by atoms with Crippen LogP contribution in [0.3, 0.4) is 0 Å². The number of anilines is 2. The van der Waals surface area contributed by atoms with Crippen molar-refractivity contribution in [2.45, 2.75) is 19.9 Å². The number of hydrogen-bond acceptors (Lipinski definition) is 4. The van der Waals surface area contributed by atoms with Crippen molar-refractivity contribution in [1.82, 2.24) is 9.97 Å². The molecule has 0 atom stereocenters. The molecule has 0 unspecified atom stereocenters. The highest BCUT2D eigenvalue weighted by Gasteiger charge is 2.02. The summed E-state index contributed by atoms with van der Waals surface area (Å²) in [6, 6.07) is 16.9. The number of benzene rings is 2. The summed E-state index contributed by atoms with van der Waals surface area (Å²) >= 11 is 0. The molecule has 2 N–H and O–H groups in total. The molecule has 5 heteroatoms. The molecule has 2 aromatic carbocycles. The van der Waals surface area contributed by atoms with Crippen molar-refractivity contribution >= 4 is 11.8 Å². The van der Waals surface area contributed by atoms with Gasteiger partial charge in [-0.15, -0.1) is 0 Å². The lowest BCUT2D eigenvalue weighted by molar-refractivity contribution is 0.610. The Balaban J connectivity index is 1.52. The number of halogens is 1. The second-order valence-electron chi connectivity index (χ2n) is 5.87. The number of nitrogens with zero attached hydrogens (tertiary/aromatic N) is 2. The minimum absolute atomic E-state index is 0.174. The van der Waals surface area contributed by atoms with Crippen LogP contribution >= 0.6 is 0 Å². The lowest BCUT2D eigenvalue weighted by Crippen LogP contribution is -2.09. The number of rotatable bonds is 7. The Bertz CT molecular complexity index is 818. The molecule has 3 rings (SSSR count). The van der Waals surface area contributed by atoms with E-state index < -0.39 is 0 Å². The third kappa shape index (κ3) is 5.01. The van der Waals surface area contributed by atoms with Crippen LogP contribution in [0.1, 0.15) is 16.7 Å². The van der Waals surface area contributed by atoms with Gasteiger partial charge in [-0.05, 0) is 36.6 Å². The Morgan fingerprint density at radius 3 is 2.56 bits per heavy atom. The normalized spacial score (nSPS) is 10.5. The minimum Gasteiger partial charge on any atom is -0.370 e. The van der Waals surface area contributed by atoms with Crippen molar-refractivity contribution in [3.8, 4) is 0 Å². The second kappa shape index (κ2) is 8.24. The first-order chi connectivity index (χ1) is 12.2. The van der Waals surface area contributed by atoms with Crippen LogP contribution in [0.2, 0.25) is 0 Å². The molecule has 1 heterocycles. The average Bonchev–Trinajstić information content (AvgIpc) is 2.63. The van der Waals surface area contributed by atoms with Gasteiger partial charge in [0.1, 0.15) is 11.6 Å². The minimum atomic E-state index is -0.174. The van der Waals surface area contributed by atoms with Gasteiger partial charge in [0.15, 0.2) is 0 Å². The topological polar surface area (TPSA) is 49.8 Å². The van der Waals surface area contributed by atoms with E-state index in [1.807, 2.05) is 6.07 Å². The van der Waals surface area contributed by atoms with Gasteiger partial charge in [-0.1, -0.05) is 48.0 Å². The molecule has 0 spiro atoms. The molecule has 0 aliphatic heterocycles. The molecule has 0 amide bonds. The molecule has 0 saturated heterocycles. The summed E-state index contributed by atoms with van der Waals surface area (Å²) in [6.07, 6.45) is 2.30. The zero-order valence-electron chi connectivity index (χ0n) is 14.2. The Kier molecular flexibility index (Phi) is 5.57. The van der Waals surface area contributed by atoms with Crippen molar-refractivity contribution in [1.29, 1.82) is 0 Å². The van der Waals surface area contributed by atoms with E-state index in [0.29, 0.717) is 31.0 Å². The molecular weight excluding hydrogens is 315 g/mol. The van der Waals surface area contributed by atoms with E-state index >= 15 is 0 Å². The summed E-state index contributed by atoms with van der Waals surface area (Å²) in [7, 11) is 0. The molecule has 25 heavy (non-hydrogen) atoms. The quantitative estimate of drug-likeness (QED) is 0.679. The molecular formula is C20H21FN4. The number of aryl methyl sites for hydroxylation is 1. The molecule has 1 aromatic heterocycles. The van der Waals surface area contributed by atoms with Crippen LogP contribution in [0.25, 0.3) is 0 Å². The zero-order chi connectivity index (χ0) is 17.5. The Hall–Kier alpha value is -2.95. The van der Waals surface area contributed by atoms with Gasteiger partial charge in [-0.25, -0.2) is 9.37 Å². The Labute approximate surface area is 147 Å². The van der Waals surface area contributed by atoms with E-state index in [0.717, 1.165) is 5.82 Å². The summed E-state index contributed by atoms with van der Waals surface area (Å²) in [6.45, 7) is 3.34.